The molecule has 124 valence electrons. The van der Waals surface area contributed by atoms with Crippen LogP contribution in [-0.2, 0) is 6.54 Å². The molecule has 3 atom stereocenters. The molecule has 0 spiro atoms. The number of hydrogen-bond acceptors (Lipinski definition) is 2. The van der Waals surface area contributed by atoms with Crippen LogP contribution in [0.4, 0.5) is 0 Å². The minimum atomic E-state index is 0.118. The van der Waals surface area contributed by atoms with Crippen molar-refractivity contribution in [2.75, 3.05) is 13.1 Å². The van der Waals surface area contributed by atoms with Crippen LogP contribution in [0.3, 0.4) is 0 Å². The van der Waals surface area contributed by atoms with E-state index in [4.69, 9.17) is 0 Å². The lowest BCUT2D eigenvalue weighted by molar-refractivity contribution is 0.0923. The van der Waals surface area contributed by atoms with Gasteiger partial charge in [-0.05, 0) is 74.7 Å². The van der Waals surface area contributed by atoms with Gasteiger partial charge in [0.05, 0.1) is 0 Å². The van der Waals surface area contributed by atoms with E-state index < -0.39 is 0 Å². The summed E-state index contributed by atoms with van der Waals surface area (Å²) in [5, 5.41) is 3.28. The van der Waals surface area contributed by atoms with Gasteiger partial charge in [0.25, 0.3) is 5.91 Å². The van der Waals surface area contributed by atoms with Gasteiger partial charge in [-0.25, -0.2) is 0 Å². The number of carbonyl (C=O) groups excluding carboxylic acids is 1. The minimum absolute atomic E-state index is 0.118. The Morgan fingerprint density at radius 2 is 1.83 bits per heavy atom. The van der Waals surface area contributed by atoms with E-state index in [-0.39, 0.29) is 5.91 Å². The van der Waals surface area contributed by atoms with Crippen molar-refractivity contribution in [3.63, 3.8) is 0 Å². The highest BCUT2D eigenvalue weighted by Crippen LogP contribution is 2.44. The number of nitrogens with zero attached hydrogens (tertiary/aromatic N) is 1. The molecule has 1 aliphatic heterocycles. The second-order valence-corrected chi connectivity index (χ2v) is 7.79. The number of amides is 1. The van der Waals surface area contributed by atoms with Crippen LogP contribution in [-0.4, -0.2) is 29.9 Å². The lowest BCUT2D eigenvalue weighted by Crippen LogP contribution is -2.38. The molecule has 3 fully saturated rings. The summed E-state index contributed by atoms with van der Waals surface area (Å²) < 4.78 is 0. The van der Waals surface area contributed by atoms with Crippen LogP contribution < -0.4 is 5.32 Å². The Hall–Kier alpha value is -1.35. The number of hydrogen-bond donors (Lipinski definition) is 1. The predicted octanol–water partition coefficient (Wildman–Crippen LogP) is 3.59. The average Bonchev–Trinajstić information content (AvgIpc) is 3.19. The first kappa shape index (κ1) is 15.2. The molecule has 1 saturated heterocycles. The minimum Gasteiger partial charge on any atom is -0.349 e. The van der Waals surface area contributed by atoms with Crippen LogP contribution >= 0.6 is 0 Å². The normalized spacial score (nSPS) is 30.5. The Labute approximate surface area is 139 Å². The number of fused-ring (bicyclic) bond motifs is 2. The lowest BCUT2D eigenvalue weighted by atomic mass is 9.95. The van der Waals surface area contributed by atoms with Gasteiger partial charge in [0.15, 0.2) is 0 Å². The van der Waals surface area contributed by atoms with E-state index in [1.165, 1.54) is 63.6 Å². The molecule has 0 unspecified atom stereocenters. The molecule has 1 amide bonds. The summed E-state index contributed by atoms with van der Waals surface area (Å²) in [6.45, 7) is 3.45. The molecule has 0 aromatic heterocycles. The summed E-state index contributed by atoms with van der Waals surface area (Å²) in [4.78, 5) is 15.0. The monoisotopic (exact) mass is 312 g/mol. The predicted molar refractivity (Wildman–Crippen MR) is 92.3 cm³/mol. The van der Waals surface area contributed by atoms with E-state index in [1.807, 2.05) is 12.1 Å². The molecule has 23 heavy (non-hydrogen) atoms. The molecular weight excluding hydrogens is 284 g/mol. The summed E-state index contributed by atoms with van der Waals surface area (Å²) in [5.74, 6) is 1.73. The smallest absolute Gasteiger partial charge is 0.251 e. The standard InChI is InChI=1S/C20H28N2O/c23-20(21-19-13-16-6-9-18(19)12-16)17-7-4-15(5-8-17)14-22-10-2-1-3-11-22/h4-5,7-8,16,18-19H,1-3,6,9-14H2,(H,21,23)/t16-,18-,19-/m0/s1. The van der Waals surface area contributed by atoms with Crippen molar-refractivity contribution in [2.24, 2.45) is 11.8 Å². The first-order valence-corrected chi connectivity index (χ1v) is 9.40. The summed E-state index contributed by atoms with van der Waals surface area (Å²) >= 11 is 0. The highest BCUT2D eigenvalue weighted by molar-refractivity contribution is 5.94. The van der Waals surface area contributed by atoms with Crippen LogP contribution in [0.5, 0.6) is 0 Å². The molecule has 3 heteroatoms. The van der Waals surface area contributed by atoms with Gasteiger partial charge in [0.2, 0.25) is 0 Å². The molecule has 2 aliphatic carbocycles. The number of nitrogens with one attached hydrogen (secondary N) is 1. The second-order valence-electron chi connectivity index (χ2n) is 7.79. The van der Waals surface area contributed by atoms with E-state index in [1.54, 1.807) is 0 Å². The third-order valence-electron chi connectivity index (χ3n) is 6.13. The van der Waals surface area contributed by atoms with E-state index in [2.05, 4.69) is 22.3 Å². The van der Waals surface area contributed by atoms with E-state index in [9.17, 15) is 4.79 Å². The van der Waals surface area contributed by atoms with Gasteiger partial charge < -0.3 is 5.32 Å². The van der Waals surface area contributed by atoms with Crippen molar-refractivity contribution in [3.8, 4) is 0 Å². The van der Waals surface area contributed by atoms with Gasteiger partial charge in [0, 0.05) is 18.2 Å². The maximum atomic E-state index is 12.5. The molecule has 1 aromatic carbocycles. The first-order chi connectivity index (χ1) is 11.3. The quantitative estimate of drug-likeness (QED) is 0.921. The van der Waals surface area contributed by atoms with Crippen LogP contribution in [0.15, 0.2) is 24.3 Å². The van der Waals surface area contributed by atoms with Crippen molar-refractivity contribution >= 4 is 5.91 Å². The molecule has 1 N–H and O–H groups in total. The van der Waals surface area contributed by atoms with Crippen molar-refractivity contribution in [3.05, 3.63) is 35.4 Å². The Morgan fingerprint density at radius 3 is 2.48 bits per heavy atom. The molecule has 3 nitrogen and oxygen atoms in total. The Bertz CT molecular complexity index is 547. The Kier molecular flexibility index (Phi) is 4.39. The third kappa shape index (κ3) is 3.45. The fourth-order valence-corrected chi connectivity index (χ4v) is 4.81. The second kappa shape index (κ2) is 6.64. The summed E-state index contributed by atoms with van der Waals surface area (Å²) in [7, 11) is 0. The van der Waals surface area contributed by atoms with E-state index in [0.29, 0.717) is 6.04 Å². The van der Waals surface area contributed by atoms with Gasteiger partial charge in [-0.2, -0.15) is 0 Å². The fourth-order valence-electron chi connectivity index (χ4n) is 4.81. The number of carbonyl (C=O) groups is 1. The average molecular weight is 312 g/mol. The van der Waals surface area contributed by atoms with Crippen LogP contribution in [0.2, 0.25) is 0 Å². The highest BCUT2D eigenvalue weighted by Gasteiger charge is 2.40. The van der Waals surface area contributed by atoms with Crippen LogP contribution in [0, 0.1) is 11.8 Å². The van der Waals surface area contributed by atoms with Crippen molar-refractivity contribution in [1.82, 2.24) is 10.2 Å². The van der Waals surface area contributed by atoms with Crippen LogP contribution in [0.1, 0.15) is 60.9 Å². The summed E-state index contributed by atoms with van der Waals surface area (Å²) in [6, 6.07) is 8.69. The van der Waals surface area contributed by atoms with Gasteiger partial charge in [-0.1, -0.05) is 25.0 Å². The lowest BCUT2D eigenvalue weighted by Gasteiger charge is -2.26. The largest absolute Gasteiger partial charge is 0.349 e. The van der Waals surface area contributed by atoms with E-state index in [0.717, 1.165) is 23.9 Å². The Balaban J connectivity index is 1.33. The molecule has 2 saturated carbocycles. The van der Waals surface area contributed by atoms with Crippen molar-refractivity contribution in [1.29, 1.82) is 0 Å². The fraction of sp³-hybridized carbons (Fsp3) is 0.650. The molecule has 3 aliphatic rings. The molecule has 1 aromatic rings. The number of rotatable bonds is 4. The van der Waals surface area contributed by atoms with Gasteiger partial charge in [-0.15, -0.1) is 0 Å². The molecule has 1 heterocycles. The first-order valence-electron chi connectivity index (χ1n) is 9.40. The Morgan fingerprint density at radius 1 is 1.04 bits per heavy atom. The van der Waals surface area contributed by atoms with Gasteiger partial charge in [-0.3, -0.25) is 9.69 Å². The zero-order valence-corrected chi connectivity index (χ0v) is 14.0. The zero-order valence-electron chi connectivity index (χ0n) is 14.0. The van der Waals surface area contributed by atoms with E-state index >= 15 is 0 Å². The molecule has 4 rings (SSSR count). The highest BCUT2D eigenvalue weighted by atomic mass is 16.1. The number of benzene rings is 1. The summed E-state index contributed by atoms with van der Waals surface area (Å²) in [5.41, 5.74) is 2.14. The van der Waals surface area contributed by atoms with Crippen molar-refractivity contribution < 1.29 is 4.79 Å². The topological polar surface area (TPSA) is 32.3 Å². The molecule has 2 bridgehead atoms. The van der Waals surface area contributed by atoms with Gasteiger partial charge in [0.1, 0.15) is 0 Å². The summed E-state index contributed by atoms with van der Waals surface area (Å²) in [6.07, 6.45) is 9.24. The SMILES string of the molecule is O=C(N[C@H]1C[C@H]2CC[C@H]1C2)c1ccc(CN2CCCCC2)cc1. The third-order valence-corrected chi connectivity index (χ3v) is 6.13. The number of piperidine rings is 1. The van der Waals surface area contributed by atoms with Gasteiger partial charge >= 0.3 is 0 Å². The molecular formula is C20H28N2O. The zero-order chi connectivity index (χ0) is 15.6. The maximum absolute atomic E-state index is 12.5. The van der Waals surface area contributed by atoms with Crippen molar-refractivity contribution in [2.45, 2.75) is 57.5 Å². The maximum Gasteiger partial charge on any atom is 0.251 e. The van der Waals surface area contributed by atoms with Crippen LogP contribution in [0.25, 0.3) is 0 Å². The number of likely N-dealkylation sites (tertiary alicyclic amines) is 1. The molecule has 0 radical (unpaired) electrons.